The fraction of sp³-hybridized carbons (Fsp3) is 0.619. The van der Waals surface area contributed by atoms with Crippen LogP contribution >= 0.6 is 0 Å². The molecule has 10 nitrogen and oxygen atoms in total. The third-order valence-corrected chi connectivity index (χ3v) is 6.50. The first-order chi connectivity index (χ1) is 14.6. The van der Waals surface area contributed by atoms with Gasteiger partial charge in [0.15, 0.2) is 0 Å². The zero-order valence-electron chi connectivity index (χ0n) is 17.5. The van der Waals surface area contributed by atoms with Crippen molar-refractivity contribution in [3.8, 4) is 0 Å². The molecule has 166 valence electrons. The molecule has 0 aromatic carbocycles. The van der Waals surface area contributed by atoms with E-state index in [9.17, 15) is 28.8 Å². The highest BCUT2D eigenvalue weighted by Crippen LogP contribution is 2.52. The van der Waals surface area contributed by atoms with E-state index in [-0.39, 0.29) is 24.7 Å². The number of carbonyl (C=O) groups excluding carboxylic acids is 6. The molecule has 2 heterocycles. The van der Waals surface area contributed by atoms with E-state index in [0.717, 1.165) is 6.42 Å². The monoisotopic (exact) mass is 432 g/mol. The van der Waals surface area contributed by atoms with Crippen molar-refractivity contribution in [1.82, 2.24) is 10.1 Å². The molecule has 4 rings (SSSR count). The maximum absolute atomic E-state index is 12.6. The zero-order chi connectivity index (χ0) is 22.6. The number of hydrogen-bond acceptors (Lipinski definition) is 8. The number of amides is 4. The second-order valence-corrected chi connectivity index (χ2v) is 9.01. The lowest BCUT2D eigenvalue weighted by Crippen LogP contribution is -2.38. The first kappa shape index (κ1) is 21.2. The fourth-order valence-electron chi connectivity index (χ4n) is 4.81. The van der Waals surface area contributed by atoms with Crippen LogP contribution in [0.25, 0.3) is 0 Å². The summed E-state index contributed by atoms with van der Waals surface area (Å²) in [4.78, 5) is 84.0. The first-order valence-electron chi connectivity index (χ1n) is 10.5. The van der Waals surface area contributed by atoms with E-state index < -0.39 is 65.2 Å². The smallest absolute Gasteiger partial charge is 0.330 e. The number of hydroxylamine groups is 4. The van der Waals surface area contributed by atoms with Gasteiger partial charge in [0.1, 0.15) is 0 Å². The van der Waals surface area contributed by atoms with Crippen molar-refractivity contribution in [2.45, 2.75) is 40.0 Å². The lowest BCUT2D eigenvalue weighted by Gasteiger charge is -2.19. The van der Waals surface area contributed by atoms with Crippen molar-refractivity contribution in [3.05, 3.63) is 12.2 Å². The summed E-state index contributed by atoms with van der Waals surface area (Å²) in [6.07, 6.45) is 4.38. The molecular weight excluding hydrogens is 408 g/mol. The lowest BCUT2D eigenvalue weighted by molar-refractivity contribution is -0.203. The standard InChI is InChI=1S/C21H24N2O8/c1-9(2)20(28)30-22-14(24)8-13(17(22)25)6-10(3)21(29)31-23-18(26)15-11-4-5-12(7-11)16(15)19(23)27/h4-5,9-13,15-16H,6-8H2,1-3H3/t10?,11-,12+,13?,15-,16+. The van der Waals surface area contributed by atoms with Gasteiger partial charge in [0.2, 0.25) is 0 Å². The zero-order valence-corrected chi connectivity index (χ0v) is 17.5. The number of nitrogens with zero attached hydrogens (tertiary/aromatic N) is 2. The highest BCUT2D eigenvalue weighted by molar-refractivity contribution is 6.06. The molecular formula is C21H24N2O8. The second kappa shape index (κ2) is 7.58. The Kier molecular flexibility index (Phi) is 5.18. The Labute approximate surface area is 178 Å². The normalized spacial score (nSPS) is 32.3. The van der Waals surface area contributed by atoms with Crippen LogP contribution in [-0.4, -0.2) is 45.7 Å². The minimum Gasteiger partial charge on any atom is -0.330 e. The highest BCUT2D eigenvalue weighted by Gasteiger charge is 2.61. The van der Waals surface area contributed by atoms with Gasteiger partial charge in [-0.05, 0) is 24.7 Å². The van der Waals surface area contributed by atoms with E-state index in [1.165, 1.54) is 6.92 Å². The molecule has 2 aliphatic heterocycles. The molecule has 31 heavy (non-hydrogen) atoms. The summed E-state index contributed by atoms with van der Waals surface area (Å²) >= 11 is 0. The summed E-state index contributed by atoms with van der Waals surface area (Å²) in [7, 11) is 0. The number of allylic oxidation sites excluding steroid dienone is 2. The van der Waals surface area contributed by atoms with Gasteiger partial charge in [-0.1, -0.05) is 32.9 Å². The van der Waals surface area contributed by atoms with Crippen LogP contribution in [0, 0.1) is 41.4 Å². The van der Waals surface area contributed by atoms with E-state index in [1.54, 1.807) is 13.8 Å². The molecule has 2 saturated heterocycles. The lowest BCUT2D eigenvalue weighted by atomic mass is 9.85. The van der Waals surface area contributed by atoms with Crippen molar-refractivity contribution < 1.29 is 38.4 Å². The van der Waals surface area contributed by atoms with E-state index in [2.05, 4.69) is 0 Å². The average Bonchev–Trinajstić information content (AvgIpc) is 3.45. The van der Waals surface area contributed by atoms with Crippen molar-refractivity contribution >= 4 is 35.6 Å². The molecule has 0 aromatic rings. The van der Waals surface area contributed by atoms with Gasteiger partial charge < -0.3 is 9.68 Å². The van der Waals surface area contributed by atoms with Crippen molar-refractivity contribution in [2.75, 3.05) is 0 Å². The van der Waals surface area contributed by atoms with E-state index in [4.69, 9.17) is 9.68 Å². The molecule has 0 N–H and O–H groups in total. The number of fused-ring (bicyclic) bond motifs is 5. The summed E-state index contributed by atoms with van der Waals surface area (Å²) in [6, 6.07) is 0. The summed E-state index contributed by atoms with van der Waals surface area (Å²) in [5, 5.41) is 1.02. The minimum atomic E-state index is -0.863. The summed E-state index contributed by atoms with van der Waals surface area (Å²) in [5.41, 5.74) is 0. The van der Waals surface area contributed by atoms with Crippen LogP contribution in [0.5, 0.6) is 0 Å². The predicted molar refractivity (Wildman–Crippen MR) is 100 cm³/mol. The van der Waals surface area contributed by atoms with Gasteiger partial charge in [-0.3, -0.25) is 19.2 Å². The van der Waals surface area contributed by atoms with Crippen LogP contribution in [0.4, 0.5) is 0 Å². The van der Waals surface area contributed by atoms with Crippen molar-refractivity contribution in [1.29, 1.82) is 0 Å². The molecule has 0 radical (unpaired) electrons. The number of carbonyl (C=O) groups is 6. The van der Waals surface area contributed by atoms with E-state index >= 15 is 0 Å². The molecule has 1 saturated carbocycles. The summed E-state index contributed by atoms with van der Waals surface area (Å²) in [5.74, 6) is -7.15. The number of imide groups is 2. The van der Waals surface area contributed by atoms with E-state index in [0.29, 0.717) is 10.1 Å². The molecule has 2 unspecified atom stereocenters. The molecule has 3 fully saturated rings. The Morgan fingerprint density at radius 1 is 0.903 bits per heavy atom. The Balaban J connectivity index is 1.35. The van der Waals surface area contributed by atoms with E-state index in [1.807, 2.05) is 12.2 Å². The molecule has 10 heteroatoms. The molecule has 4 amide bonds. The van der Waals surface area contributed by atoms with Crippen LogP contribution in [0.2, 0.25) is 0 Å². The third kappa shape index (κ3) is 3.43. The second-order valence-electron chi connectivity index (χ2n) is 9.01. The molecule has 0 aromatic heterocycles. The third-order valence-electron chi connectivity index (χ3n) is 6.50. The van der Waals surface area contributed by atoms with Crippen LogP contribution in [0.1, 0.15) is 40.0 Å². The van der Waals surface area contributed by atoms with Gasteiger partial charge in [0, 0.05) is 6.42 Å². The fourth-order valence-corrected chi connectivity index (χ4v) is 4.81. The van der Waals surface area contributed by atoms with Gasteiger partial charge >= 0.3 is 11.9 Å². The Morgan fingerprint density at radius 2 is 1.45 bits per heavy atom. The molecule has 6 atom stereocenters. The highest BCUT2D eigenvalue weighted by atomic mass is 16.7. The van der Waals surface area contributed by atoms with Crippen LogP contribution < -0.4 is 0 Å². The summed E-state index contributed by atoms with van der Waals surface area (Å²) in [6.45, 7) is 4.62. The van der Waals surface area contributed by atoms with Crippen LogP contribution in [-0.2, 0) is 38.4 Å². The quantitative estimate of drug-likeness (QED) is 0.445. The predicted octanol–water partition coefficient (Wildman–Crippen LogP) is 0.767. The van der Waals surface area contributed by atoms with Crippen LogP contribution in [0.15, 0.2) is 12.2 Å². The van der Waals surface area contributed by atoms with Gasteiger partial charge in [-0.2, -0.15) is 0 Å². The number of hydrogen-bond donors (Lipinski definition) is 0. The first-order valence-corrected chi connectivity index (χ1v) is 10.5. The molecule has 2 aliphatic carbocycles. The number of rotatable bonds is 6. The van der Waals surface area contributed by atoms with Crippen molar-refractivity contribution in [2.24, 2.45) is 41.4 Å². The maximum atomic E-state index is 12.6. The Hall–Kier alpha value is -3.04. The molecule has 2 bridgehead atoms. The van der Waals surface area contributed by atoms with Gasteiger partial charge in [0.05, 0.1) is 29.6 Å². The van der Waals surface area contributed by atoms with Gasteiger partial charge in [-0.15, -0.1) is 10.1 Å². The van der Waals surface area contributed by atoms with Crippen LogP contribution in [0.3, 0.4) is 0 Å². The average molecular weight is 432 g/mol. The summed E-state index contributed by atoms with van der Waals surface area (Å²) < 4.78 is 0. The minimum absolute atomic E-state index is 0.00534. The molecule has 0 spiro atoms. The largest absolute Gasteiger partial charge is 0.335 e. The Bertz CT molecular complexity index is 879. The van der Waals surface area contributed by atoms with Gasteiger partial charge in [-0.25, -0.2) is 9.59 Å². The maximum Gasteiger partial charge on any atom is 0.335 e. The van der Waals surface area contributed by atoms with Gasteiger partial charge in [0.25, 0.3) is 23.6 Å². The Morgan fingerprint density at radius 3 is 2.00 bits per heavy atom. The SMILES string of the molecule is CC(C)C(=O)ON1C(=O)CC(CC(C)C(=O)ON2C(=O)[C@@H]3[C@H](C2=O)[C@@H]2C=C[C@H]3C2)C1=O. The molecule has 4 aliphatic rings. The topological polar surface area (TPSA) is 127 Å². The van der Waals surface area contributed by atoms with Crippen molar-refractivity contribution in [3.63, 3.8) is 0 Å².